The second kappa shape index (κ2) is 4.66. The number of rotatable bonds is 2. The lowest BCUT2D eigenvalue weighted by Gasteiger charge is -2.17. The zero-order chi connectivity index (χ0) is 15.3. The zero-order valence-electron chi connectivity index (χ0n) is 10.7. The lowest BCUT2D eigenvalue weighted by Crippen LogP contribution is -2.33. The van der Waals surface area contributed by atoms with Crippen LogP contribution in [0.4, 0.5) is 11.9 Å². The molecule has 2 aromatic heterocycles. The molecule has 0 radical (unpaired) electrons. The summed E-state index contributed by atoms with van der Waals surface area (Å²) in [4.78, 5) is 21.8. The number of anilines is 2. The van der Waals surface area contributed by atoms with Gasteiger partial charge in [0.1, 0.15) is 18.3 Å². The highest BCUT2D eigenvalue weighted by Gasteiger charge is 2.44. The van der Waals surface area contributed by atoms with E-state index < -0.39 is 36.7 Å². The molecule has 21 heavy (non-hydrogen) atoms. The number of hydrogen-bond donors (Lipinski definition) is 6. The minimum absolute atomic E-state index is 0.0172. The number of H-pyrrole nitrogens is 1. The van der Waals surface area contributed by atoms with Crippen LogP contribution in [0.1, 0.15) is 6.23 Å². The number of nitrogen functional groups attached to an aromatic ring is 2. The molecule has 2 aromatic rings. The highest BCUT2D eigenvalue weighted by atomic mass is 16.6. The maximum atomic E-state index is 11.7. The summed E-state index contributed by atoms with van der Waals surface area (Å²) in [6.45, 7) is -0.489. The molecule has 11 heteroatoms. The molecule has 114 valence electrons. The lowest BCUT2D eigenvalue weighted by atomic mass is 10.1. The van der Waals surface area contributed by atoms with Crippen LogP contribution in [-0.2, 0) is 4.74 Å². The number of aromatic nitrogens is 4. The quantitative estimate of drug-likeness (QED) is 0.334. The second-order valence-electron chi connectivity index (χ2n) is 4.69. The Balaban J connectivity index is 2.17. The topological polar surface area (TPSA) is 186 Å². The molecule has 0 aromatic carbocycles. The summed E-state index contributed by atoms with van der Waals surface area (Å²) in [7, 11) is 0. The van der Waals surface area contributed by atoms with E-state index >= 15 is 0 Å². The summed E-state index contributed by atoms with van der Waals surface area (Å²) in [5.41, 5.74) is 10.6. The number of hydrogen-bond acceptors (Lipinski definition) is 9. The molecule has 0 bridgehead atoms. The minimum Gasteiger partial charge on any atom is -0.394 e. The van der Waals surface area contributed by atoms with Gasteiger partial charge in [-0.15, -0.1) is 0 Å². The molecule has 0 saturated carbocycles. The third kappa shape index (κ3) is 1.94. The van der Waals surface area contributed by atoms with E-state index in [1.165, 1.54) is 0 Å². The summed E-state index contributed by atoms with van der Waals surface area (Å²) < 4.78 is 6.51. The Morgan fingerprint density at radius 2 is 2.00 bits per heavy atom. The van der Waals surface area contributed by atoms with Crippen molar-refractivity contribution in [2.45, 2.75) is 24.5 Å². The normalized spacial score (nSPS) is 29.3. The molecule has 4 atom stereocenters. The van der Waals surface area contributed by atoms with Gasteiger partial charge in [-0.3, -0.25) is 14.3 Å². The van der Waals surface area contributed by atoms with Crippen molar-refractivity contribution in [3.05, 3.63) is 10.4 Å². The lowest BCUT2D eigenvalue weighted by molar-refractivity contribution is -0.0500. The van der Waals surface area contributed by atoms with Crippen molar-refractivity contribution in [1.82, 2.24) is 19.5 Å². The third-order valence-corrected chi connectivity index (χ3v) is 3.37. The Morgan fingerprint density at radius 1 is 1.29 bits per heavy atom. The number of aliphatic hydroxyl groups excluding tert-OH is 3. The van der Waals surface area contributed by atoms with Gasteiger partial charge < -0.3 is 31.5 Å². The number of aromatic amines is 1. The standard InChI is InChI=1S/C10H14N6O5/c11-9-14-6-3(7(20)15-9)13-10(12)16(6)8-5(19)4(18)2(1-17)21-8/h2,4-5,8,17-19H,1H2,(H2,12,13)(H3,11,14,15,20)/t2-,4+,5-,8-/m1/s1. The molecular weight excluding hydrogens is 284 g/mol. The van der Waals surface area contributed by atoms with Crippen molar-refractivity contribution < 1.29 is 20.1 Å². The molecule has 3 rings (SSSR count). The van der Waals surface area contributed by atoms with E-state index in [1.807, 2.05) is 0 Å². The monoisotopic (exact) mass is 298 g/mol. The second-order valence-corrected chi connectivity index (χ2v) is 4.69. The van der Waals surface area contributed by atoms with Crippen molar-refractivity contribution in [3.8, 4) is 0 Å². The van der Waals surface area contributed by atoms with E-state index in [-0.39, 0.29) is 23.1 Å². The maximum Gasteiger partial charge on any atom is 0.280 e. The van der Waals surface area contributed by atoms with Gasteiger partial charge >= 0.3 is 0 Å². The Bertz CT molecular complexity index is 741. The van der Waals surface area contributed by atoms with Crippen molar-refractivity contribution in [2.24, 2.45) is 0 Å². The molecule has 3 heterocycles. The molecular formula is C10H14N6O5. The average molecular weight is 298 g/mol. The molecule has 0 spiro atoms. The van der Waals surface area contributed by atoms with Gasteiger partial charge in [-0.1, -0.05) is 0 Å². The highest BCUT2D eigenvalue weighted by Crippen LogP contribution is 2.32. The van der Waals surface area contributed by atoms with E-state index in [1.54, 1.807) is 0 Å². The maximum absolute atomic E-state index is 11.7. The predicted octanol–water partition coefficient (Wildman–Crippen LogP) is -3.10. The van der Waals surface area contributed by atoms with Crippen LogP contribution in [0.5, 0.6) is 0 Å². The largest absolute Gasteiger partial charge is 0.394 e. The van der Waals surface area contributed by atoms with Crippen LogP contribution in [-0.4, -0.2) is 59.8 Å². The number of nitrogens with one attached hydrogen (secondary N) is 1. The first-order valence-corrected chi connectivity index (χ1v) is 6.09. The van der Waals surface area contributed by atoms with Crippen LogP contribution in [0.3, 0.4) is 0 Å². The first kappa shape index (κ1) is 13.8. The Morgan fingerprint density at radius 3 is 2.62 bits per heavy atom. The predicted molar refractivity (Wildman–Crippen MR) is 70.0 cm³/mol. The van der Waals surface area contributed by atoms with Gasteiger partial charge in [-0.2, -0.15) is 4.98 Å². The SMILES string of the molecule is Nc1nc2c(nc(N)n2[C@@H]2O[C@H](CO)[C@H](O)[C@H]2O)c(=O)[nH]1. The Hall–Kier alpha value is -2.21. The van der Waals surface area contributed by atoms with Gasteiger partial charge in [0, 0.05) is 0 Å². The number of aliphatic hydroxyl groups is 3. The van der Waals surface area contributed by atoms with Crippen molar-refractivity contribution in [1.29, 1.82) is 0 Å². The smallest absolute Gasteiger partial charge is 0.280 e. The van der Waals surface area contributed by atoms with Crippen molar-refractivity contribution in [2.75, 3.05) is 18.1 Å². The van der Waals surface area contributed by atoms with Crippen LogP contribution in [0.15, 0.2) is 4.79 Å². The van der Waals surface area contributed by atoms with Crippen LogP contribution in [0.25, 0.3) is 11.2 Å². The number of imidazole rings is 1. The zero-order valence-corrected chi connectivity index (χ0v) is 10.7. The first-order valence-electron chi connectivity index (χ1n) is 6.09. The van der Waals surface area contributed by atoms with Crippen LogP contribution >= 0.6 is 0 Å². The average Bonchev–Trinajstić information content (AvgIpc) is 2.89. The number of fused-ring (bicyclic) bond motifs is 1. The number of nitrogens with two attached hydrogens (primary N) is 2. The first-order chi connectivity index (χ1) is 9.93. The molecule has 1 aliphatic heterocycles. The molecule has 0 aliphatic carbocycles. The van der Waals surface area contributed by atoms with Gasteiger partial charge in [0.25, 0.3) is 5.56 Å². The summed E-state index contributed by atoms with van der Waals surface area (Å²) in [6.07, 6.45) is -4.81. The van der Waals surface area contributed by atoms with Crippen LogP contribution in [0.2, 0.25) is 0 Å². The van der Waals surface area contributed by atoms with Crippen molar-refractivity contribution >= 4 is 23.1 Å². The molecule has 0 unspecified atom stereocenters. The van der Waals surface area contributed by atoms with Gasteiger partial charge in [0.2, 0.25) is 11.9 Å². The Kier molecular flexibility index (Phi) is 3.06. The fraction of sp³-hybridized carbons (Fsp3) is 0.500. The molecule has 8 N–H and O–H groups in total. The van der Waals surface area contributed by atoms with E-state index in [9.17, 15) is 15.0 Å². The summed E-state index contributed by atoms with van der Waals surface area (Å²) in [5.74, 6) is -0.288. The Labute approximate surface area is 116 Å². The molecule has 1 aliphatic rings. The molecule has 11 nitrogen and oxygen atoms in total. The van der Waals surface area contributed by atoms with E-state index in [2.05, 4.69) is 15.0 Å². The fourth-order valence-electron chi connectivity index (χ4n) is 2.36. The summed E-state index contributed by atoms with van der Waals surface area (Å²) >= 11 is 0. The van der Waals surface area contributed by atoms with Gasteiger partial charge in [0.15, 0.2) is 17.4 Å². The fourth-order valence-corrected chi connectivity index (χ4v) is 2.36. The minimum atomic E-state index is -1.37. The van der Waals surface area contributed by atoms with Gasteiger partial charge in [-0.05, 0) is 0 Å². The number of nitrogens with zero attached hydrogens (tertiary/aromatic N) is 3. The van der Waals surface area contributed by atoms with Crippen LogP contribution in [0, 0.1) is 0 Å². The van der Waals surface area contributed by atoms with E-state index in [4.69, 9.17) is 21.3 Å². The molecule has 1 fully saturated rings. The summed E-state index contributed by atoms with van der Waals surface area (Å²) in [5, 5.41) is 28.9. The number of ether oxygens (including phenoxy) is 1. The summed E-state index contributed by atoms with van der Waals surface area (Å²) in [6, 6.07) is 0. The van der Waals surface area contributed by atoms with E-state index in [0.717, 1.165) is 4.57 Å². The molecule has 0 amide bonds. The van der Waals surface area contributed by atoms with Gasteiger partial charge in [-0.25, -0.2) is 4.98 Å². The highest BCUT2D eigenvalue weighted by molar-refractivity contribution is 5.74. The van der Waals surface area contributed by atoms with Crippen LogP contribution < -0.4 is 17.0 Å². The molecule has 1 saturated heterocycles. The third-order valence-electron chi connectivity index (χ3n) is 3.37. The van der Waals surface area contributed by atoms with Crippen molar-refractivity contribution in [3.63, 3.8) is 0 Å². The van der Waals surface area contributed by atoms with E-state index in [0.29, 0.717) is 0 Å². The van der Waals surface area contributed by atoms with Gasteiger partial charge in [0.05, 0.1) is 6.61 Å².